The summed E-state index contributed by atoms with van der Waals surface area (Å²) in [6.07, 6.45) is -0.441. The third-order valence-corrected chi connectivity index (χ3v) is 4.02. The number of halogens is 2. The zero-order valence-electron chi connectivity index (χ0n) is 9.99. The van der Waals surface area contributed by atoms with E-state index in [0.29, 0.717) is 18.5 Å². The molecule has 1 heterocycles. The van der Waals surface area contributed by atoms with Gasteiger partial charge in [-0.15, -0.1) is 0 Å². The van der Waals surface area contributed by atoms with Crippen molar-refractivity contribution in [2.45, 2.75) is 25.6 Å². The van der Waals surface area contributed by atoms with E-state index in [0.717, 1.165) is 10.0 Å². The molecule has 2 N–H and O–H groups in total. The number of hydrogen-bond acceptors (Lipinski definition) is 2. The highest BCUT2D eigenvalue weighted by Gasteiger charge is 2.30. The smallest absolute Gasteiger partial charge is 0.307 e. The summed E-state index contributed by atoms with van der Waals surface area (Å²) in [5, 5.41) is 12.1. The van der Waals surface area contributed by atoms with Crippen molar-refractivity contribution in [2.75, 3.05) is 6.54 Å². The fourth-order valence-electron chi connectivity index (χ4n) is 2.26. The van der Waals surface area contributed by atoms with Gasteiger partial charge in [0.15, 0.2) is 0 Å². The molecular formula is C13H15BrFNO2. The number of alkyl halides is 1. The minimum atomic E-state index is -1.02. The molecule has 3 unspecified atom stereocenters. The van der Waals surface area contributed by atoms with Crippen LogP contribution in [0.25, 0.3) is 0 Å². The summed E-state index contributed by atoms with van der Waals surface area (Å²) in [7, 11) is 0. The van der Waals surface area contributed by atoms with Gasteiger partial charge in [-0.1, -0.05) is 28.1 Å². The first-order chi connectivity index (χ1) is 8.49. The van der Waals surface area contributed by atoms with E-state index in [2.05, 4.69) is 21.2 Å². The fourth-order valence-corrected chi connectivity index (χ4v) is 2.97. The van der Waals surface area contributed by atoms with Gasteiger partial charge in [0.05, 0.1) is 5.92 Å². The second kappa shape index (κ2) is 5.36. The maximum atomic E-state index is 13.2. The topological polar surface area (TPSA) is 49.3 Å². The van der Waals surface area contributed by atoms with Gasteiger partial charge >= 0.3 is 5.97 Å². The maximum absolute atomic E-state index is 13.2. The molecule has 0 aliphatic carbocycles. The van der Waals surface area contributed by atoms with E-state index in [1.165, 1.54) is 6.92 Å². The number of carboxylic acids is 1. The van der Waals surface area contributed by atoms with E-state index >= 15 is 0 Å². The summed E-state index contributed by atoms with van der Waals surface area (Å²) in [6.45, 7) is 1.98. The molecule has 2 rings (SSSR count). The lowest BCUT2D eigenvalue weighted by atomic mass is 9.98. The molecule has 0 saturated carbocycles. The number of benzene rings is 1. The third kappa shape index (κ3) is 2.72. The SMILES string of the molecule is CC(F)c1ccc(C2CC(C(=O)O)CN2)cc1Br. The molecule has 1 aliphatic heterocycles. The van der Waals surface area contributed by atoms with Crippen molar-refractivity contribution in [1.29, 1.82) is 0 Å². The first kappa shape index (κ1) is 13.5. The second-order valence-electron chi connectivity index (χ2n) is 4.63. The zero-order chi connectivity index (χ0) is 13.3. The van der Waals surface area contributed by atoms with Crippen LogP contribution in [0.3, 0.4) is 0 Å². The molecule has 0 spiro atoms. The Kier molecular flexibility index (Phi) is 4.02. The quantitative estimate of drug-likeness (QED) is 0.900. The third-order valence-electron chi connectivity index (χ3n) is 3.34. The van der Waals surface area contributed by atoms with Crippen LogP contribution >= 0.6 is 15.9 Å². The number of rotatable bonds is 3. The van der Waals surface area contributed by atoms with Crippen LogP contribution in [0.2, 0.25) is 0 Å². The molecule has 1 fully saturated rings. The Hall–Kier alpha value is -0.940. The van der Waals surface area contributed by atoms with E-state index in [9.17, 15) is 9.18 Å². The highest BCUT2D eigenvalue weighted by Crippen LogP contribution is 2.32. The number of carboxylic acid groups (broad SMARTS) is 1. The van der Waals surface area contributed by atoms with Gasteiger partial charge in [-0.2, -0.15) is 0 Å². The zero-order valence-corrected chi connectivity index (χ0v) is 11.6. The number of nitrogens with one attached hydrogen (secondary N) is 1. The lowest BCUT2D eigenvalue weighted by Gasteiger charge is -2.13. The summed E-state index contributed by atoms with van der Waals surface area (Å²) in [4.78, 5) is 10.9. The first-order valence-corrected chi connectivity index (χ1v) is 6.68. The van der Waals surface area contributed by atoms with Crippen LogP contribution in [0, 0.1) is 5.92 Å². The van der Waals surface area contributed by atoms with Crippen LogP contribution in [0.15, 0.2) is 22.7 Å². The van der Waals surface area contributed by atoms with Crippen molar-refractivity contribution in [3.63, 3.8) is 0 Å². The van der Waals surface area contributed by atoms with E-state index in [1.807, 2.05) is 12.1 Å². The summed E-state index contributed by atoms with van der Waals surface area (Å²) < 4.78 is 14.0. The van der Waals surface area contributed by atoms with Crippen LogP contribution in [0.5, 0.6) is 0 Å². The Morgan fingerprint density at radius 1 is 1.61 bits per heavy atom. The van der Waals surface area contributed by atoms with Gasteiger partial charge in [0.1, 0.15) is 6.17 Å². The molecular weight excluding hydrogens is 301 g/mol. The van der Waals surface area contributed by atoms with Gasteiger partial charge in [0, 0.05) is 17.1 Å². The van der Waals surface area contributed by atoms with Crippen LogP contribution in [-0.4, -0.2) is 17.6 Å². The molecule has 1 aromatic rings. The van der Waals surface area contributed by atoms with Crippen LogP contribution in [0.4, 0.5) is 4.39 Å². The molecule has 3 atom stereocenters. The van der Waals surface area contributed by atoms with E-state index in [4.69, 9.17) is 5.11 Å². The number of aliphatic carboxylic acids is 1. The van der Waals surface area contributed by atoms with Crippen molar-refractivity contribution in [3.8, 4) is 0 Å². The van der Waals surface area contributed by atoms with Crippen molar-refractivity contribution in [3.05, 3.63) is 33.8 Å². The molecule has 0 bridgehead atoms. The van der Waals surface area contributed by atoms with Gasteiger partial charge in [-0.05, 0) is 30.5 Å². The minimum Gasteiger partial charge on any atom is -0.481 e. The van der Waals surface area contributed by atoms with Gasteiger partial charge in [0.25, 0.3) is 0 Å². The van der Waals surface area contributed by atoms with Gasteiger partial charge in [-0.25, -0.2) is 4.39 Å². The van der Waals surface area contributed by atoms with E-state index < -0.39 is 12.1 Å². The lowest BCUT2D eigenvalue weighted by Crippen LogP contribution is -2.17. The molecule has 1 aliphatic rings. The predicted octanol–water partition coefficient (Wildman–Crippen LogP) is 3.21. The van der Waals surface area contributed by atoms with Crippen LogP contribution in [-0.2, 0) is 4.79 Å². The van der Waals surface area contributed by atoms with Gasteiger partial charge < -0.3 is 10.4 Å². The highest BCUT2D eigenvalue weighted by molar-refractivity contribution is 9.10. The largest absolute Gasteiger partial charge is 0.481 e. The molecule has 98 valence electrons. The van der Waals surface area contributed by atoms with E-state index in [-0.39, 0.29) is 12.0 Å². The van der Waals surface area contributed by atoms with Crippen molar-refractivity contribution >= 4 is 21.9 Å². The van der Waals surface area contributed by atoms with Crippen LogP contribution < -0.4 is 5.32 Å². The number of carbonyl (C=O) groups is 1. The summed E-state index contributed by atoms with van der Waals surface area (Å²) in [6, 6.07) is 5.51. The van der Waals surface area contributed by atoms with E-state index in [1.54, 1.807) is 6.07 Å². The first-order valence-electron chi connectivity index (χ1n) is 5.88. The molecule has 3 nitrogen and oxygen atoms in total. The van der Waals surface area contributed by atoms with Crippen molar-refractivity contribution < 1.29 is 14.3 Å². The van der Waals surface area contributed by atoms with Gasteiger partial charge in [-0.3, -0.25) is 4.79 Å². The Bertz CT molecular complexity index is 464. The van der Waals surface area contributed by atoms with Gasteiger partial charge in [0.2, 0.25) is 0 Å². The molecule has 1 aromatic carbocycles. The highest BCUT2D eigenvalue weighted by atomic mass is 79.9. The average Bonchev–Trinajstić information content (AvgIpc) is 2.77. The number of hydrogen-bond donors (Lipinski definition) is 2. The Morgan fingerprint density at radius 3 is 2.83 bits per heavy atom. The Morgan fingerprint density at radius 2 is 2.33 bits per heavy atom. The molecule has 18 heavy (non-hydrogen) atoms. The monoisotopic (exact) mass is 315 g/mol. The average molecular weight is 316 g/mol. The fraction of sp³-hybridized carbons (Fsp3) is 0.462. The molecule has 0 radical (unpaired) electrons. The van der Waals surface area contributed by atoms with Crippen molar-refractivity contribution in [1.82, 2.24) is 5.32 Å². The predicted molar refractivity (Wildman–Crippen MR) is 70.2 cm³/mol. The Balaban J connectivity index is 2.16. The van der Waals surface area contributed by atoms with Crippen molar-refractivity contribution in [2.24, 2.45) is 5.92 Å². The van der Waals surface area contributed by atoms with Crippen LogP contribution in [0.1, 0.15) is 36.7 Å². The summed E-state index contributed by atoms with van der Waals surface area (Å²) in [5.41, 5.74) is 1.61. The molecule has 5 heteroatoms. The molecule has 1 saturated heterocycles. The standard InChI is InChI=1S/C13H15BrFNO2/c1-7(15)10-3-2-8(4-11(10)14)12-5-9(6-16-12)13(17)18/h2-4,7,9,12,16H,5-6H2,1H3,(H,17,18). The minimum absolute atomic E-state index is 0.0337. The summed E-state index contributed by atoms with van der Waals surface area (Å²) in [5.74, 6) is -1.10. The maximum Gasteiger partial charge on any atom is 0.307 e. The summed E-state index contributed by atoms with van der Waals surface area (Å²) >= 11 is 3.35. The molecule has 0 amide bonds. The Labute approximate surface area is 114 Å². The normalized spacial score (nSPS) is 25.1. The lowest BCUT2D eigenvalue weighted by molar-refractivity contribution is -0.141. The second-order valence-corrected chi connectivity index (χ2v) is 5.48. The molecule has 0 aromatic heterocycles.